The topological polar surface area (TPSA) is 109 Å². The standard InChI is InChI=1S/C24H22F3N3O6/c1-35-11-10-29-14-19(20(31)28-13-15-6-8-16(9-7-15)22(33)36-2)21(32)30(23(29)34)18-5-3-4-17(12-18)24(25,26)27/h3-9,12,14H,10-11,13H2,1-2H3,(H,28,31). The maximum absolute atomic E-state index is 13.2. The summed E-state index contributed by atoms with van der Waals surface area (Å²) in [4.78, 5) is 50.5. The third-order valence-corrected chi connectivity index (χ3v) is 5.20. The lowest BCUT2D eigenvalue weighted by Gasteiger charge is -2.14. The SMILES string of the molecule is COCCn1cc(C(=O)NCc2ccc(C(=O)OC)cc2)c(=O)n(-c2cccc(C(F)(F)F)c2)c1=O. The van der Waals surface area contributed by atoms with E-state index in [4.69, 9.17) is 4.74 Å². The molecule has 1 heterocycles. The first-order chi connectivity index (χ1) is 17.1. The number of carbonyl (C=O) groups is 2. The molecule has 0 saturated heterocycles. The van der Waals surface area contributed by atoms with E-state index in [0.717, 1.165) is 22.9 Å². The predicted molar refractivity (Wildman–Crippen MR) is 122 cm³/mol. The number of halogens is 3. The predicted octanol–water partition coefficient (Wildman–Crippen LogP) is 2.38. The van der Waals surface area contributed by atoms with Crippen LogP contribution in [0.25, 0.3) is 5.69 Å². The number of carbonyl (C=O) groups excluding carboxylic acids is 2. The van der Waals surface area contributed by atoms with E-state index >= 15 is 0 Å². The fraction of sp³-hybridized carbons (Fsp3) is 0.250. The van der Waals surface area contributed by atoms with Crippen LogP contribution >= 0.6 is 0 Å². The van der Waals surface area contributed by atoms with Crippen molar-refractivity contribution in [2.24, 2.45) is 0 Å². The summed E-state index contributed by atoms with van der Waals surface area (Å²) in [6.45, 7) is -0.0291. The van der Waals surface area contributed by atoms with Crippen LogP contribution in [0.2, 0.25) is 0 Å². The molecule has 2 aromatic carbocycles. The van der Waals surface area contributed by atoms with Crippen molar-refractivity contribution in [2.45, 2.75) is 19.3 Å². The molecule has 36 heavy (non-hydrogen) atoms. The van der Waals surface area contributed by atoms with Crippen molar-refractivity contribution in [1.82, 2.24) is 14.5 Å². The maximum Gasteiger partial charge on any atom is 0.416 e. The largest absolute Gasteiger partial charge is 0.465 e. The first kappa shape index (κ1) is 26.4. The van der Waals surface area contributed by atoms with Gasteiger partial charge < -0.3 is 14.8 Å². The van der Waals surface area contributed by atoms with Gasteiger partial charge in [-0.05, 0) is 35.9 Å². The number of ether oxygens (including phenoxy) is 2. The number of hydrogen-bond donors (Lipinski definition) is 1. The monoisotopic (exact) mass is 505 g/mol. The zero-order chi connectivity index (χ0) is 26.5. The first-order valence-corrected chi connectivity index (χ1v) is 10.6. The van der Waals surface area contributed by atoms with Crippen molar-refractivity contribution in [2.75, 3.05) is 20.8 Å². The molecule has 0 aliphatic heterocycles. The zero-order valence-corrected chi connectivity index (χ0v) is 19.3. The molecule has 0 radical (unpaired) electrons. The Kier molecular flexibility index (Phi) is 8.10. The Balaban J connectivity index is 1.98. The quantitative estimate of drug-likeness (QED) is 0.471. The van der Waals surface area contributed by atoms with Crippen molar-refractivity contribution < 1.29 is 32.2 Å². The molecule has 0 saturated carbocycles. The van der Waals surface area contributed by atoms with E-state index in [1.165, 1.54) is 32.4 Å². The van der Waals surface area contributed by atoms with Crippen molar-refractivity contribution in [1.29, 1.82) is 0 Å². The van der Waals surface area contributed by atoms with E-state index in [9.17, 15) is 32.3 Å². The third kappa shape index (κ3) is 5.89. The van der Waals surface area contributed by atoms with Crippen LogP contribution in [0.5, 0.6) is 0 Å². The molecule has 0 spiro atoms. The summed E-state index contributed by atoms with van der Waals surface area (Å²) in [6, 6.07) is 9.85. The van der Waals surface area contributed by atoms with Crippen LogP contribution in [0.4, 0.5) is 13.2 Å². The Morgan fingerprint density at radius 3 is 2.33 bits per heavy atom. The molecule has 0 fully saturated rings. The highest BCUT2D eigenvalue weighted by atomic mass is 19.4. The van der Waals surface area contributed by atoms with Gasteiger partial charge in [0.05, 0.1) is 37.1 Å². The van der Waals surface area contributed by atoms with Gasteiger partial charge in [-0.25, -0.2) is 14.2 Å². The Morgan fingerprint density at radius 1 is 1.03 bits per heavy atom. The first-order valence-electron chi connectivity index (χ1n) is 10.6. The van der Waals surface area contributed by atoms with Crippen LogP contribution in [-0.2, 0) is 28.7 Å². The minimum Gasteiger partial charge on any atom is -0.465 e. The molecule has 0 aliphatic carbocycles. The number of nitrogens with zero attached hydrogens (tertiary/aromatic N) is 2. The van der Waals surface area contributed by atoms with Crippen LogP contribution in [0.3, 0.4) is 0 Å². The second kappa shape index (κ2) is 11.0. The number of methoxy groups -OCH3 is 2. The normalized spacial score (nSPS) is 11.2. The number of nitrogens with one attached hydrogen (secondary N) is 1. The molecule has 3 rings (SSSR count). The van der Waals surface area contributed by atoms with Crippen LogP contribution in [0.1, 0.15) is 31.8 Å². The van der Waals surface area contributed by atoms with Gasteiger partial charge in [0.1, 0.15) is 5.56 Å². The molecule has 9 nitrogen and oxygen atoms in total. The Morgan fingerprint density at radius 2 is 1.72 bits per heavy atom. The van der Waals surface area contributed by atoms with Crippen LogP contribution in [0, 0.1) is 0 Å². The number of amides is 1. The molecule has 3 aromatic rings. The van der Waals surface area contributed by atoms with Gasteiger partial charge in [-0.2, -0.15) is 13.2 Å². The lowest BCUT2D eigenvalue weighted by molar-refractivity contribution is -0.137. The van der Waals surface area contributed by atoms with Crippen LogP contribution in [0.15, 0.2) is 64.3 Å². The number of hydrogen-bond acceptors (Lipinski definition) is 6. The van der Waals surface area contributed by atoms with Gasteiger partial charge in [-0.3, -0.25) is 14.2 Å². The van der Waals surface area contributed by atoms with E-state index in [2.05, 4.69) is 10.1 Å². The van der Waals surface area contributed by atoms with Gasteiger partial charge in [-0.1, -0.05) is 18.2 Å². The van der Waals surface area contributed by atoms with Crippen LogP contribution < -0.4 is 16.6 Å². The van der Waals surface area contributed by atoms with Gasteiger partial charge in [0.2, 0.25) is 0 Å². The summed E-state index contributed by atoms with van der Waals surface area (Å²) in [6.07, 6.45) is -3.66. The zero-order valence-electron chi connectivity index (χ0n) is 19.3. The summed E-state index contributed by atoms with van der Waals surface area (Å²) in [5.74, 6) is -1.37. The minimum atomic E-state index is -4.70. The maximum atomic E-state index is 13.2. The molecule has 0 unspecified atom stereocenters. The van der Waals surface area contributed by atoms with Crippen molar-refractivity contribution in [3.63, 3.8) is 0 Å². The molecule has 0 aliphatic rings. The number of esters is 1. The van der Waals surface area contributed by atoms with Crippen molar-refractivity contribution >= 4 is 11.9 Å². The summed E-state index contributed by atoms with van der Waals surface area (Å²) < 4.78 is 50.7. The van der Waals surface area contributed by atoms with Crippen molar-refractivity contribution in [3.05, 3.63) is 97.8 Å². The number of aromatic nitrogens is 2. The summed E-state index contributed by atoms with van der Waals surface area (Å²) in [5, 5.41) is 2.54. The Bertz CT molecular complexity index is 1380. The van der Waals surface area contributed by atoms with Gasteiger partial charge in [0, 0.05) is 19.9 Å². The highest BCUT2D eigenvalue weighted by molar-refractivity contribution is 5.93. The summed E-state index contributed by atoms with van der Waals surface area (Å²) >= 11 is 0. The second-order valence-electron chi connectivity index (χ2n) is 7.57. The molecule has 12 heteroatoms. The van der Waals surface area contributed by atoms with E-state index < -0.39 is 40.4 Å². The highest BCUT2D eigenvalue weighted by Crippen LogP contribution is 2.29. The molecule has 1 amide bonds. The fourth-order valence-corrected chi connectivity index (χ4v) is 3.31. The van der Waals surface area contributed by atoms with E-state index in [1.807, 2.05) is 0 Å². The third-order valence-electron chi connectivity index (χ3n) is 5.20. The van der Waals surface area contributed by atoms with Gasteiger partial charge in [-0.15, -0.1) is 0 Å². The van der Waals surface area contributed by atoms with Crippen LogP contribution in [-0.4, -0.2) is 41.8 Å². The van der Waals surface area contributed by atoms with E-state index in [0.29, 0.717) is 21.8 Å². The molecule has 190 valence electrons. The smallest absolute Gasteiger partial charge is 0.416 e. The van der Waals surface area contributed by atoms with Gasteiger partial charge in [0.25, 0.3) is 11.5 Å². The summed E-state index contributed by atoms with van der Waals surface area (Å²) in [7, 11) is 2.63. The number of benzene rings is 2. The average molecular weight is 505 g/mol. The molecular formula is C24H22F3N3O6. The van der Waals surface area contributed by atoms with Crippen molar-refractivity contribution in [3.8, 4) is 5.69 Å². The molecule has 0 atom stereocenters. The van der Waals surface area contributed by atoms with E-state index in [1.54, 1.807) is 12.1 Å². The average Bonchev–Trinajstić information content (AvgIpc) is 2.86. The van der Waals surface area contributed by atoms with E-state index in [-0.39, 0.29) is 25.4 Å². The molecule has 1 aromatic heterocycles. The number of rotatable bonds is 8. The fourth-order valence-electron chi connectivity index (χ4n) is 3.31. The number of alkyl halides is 3. The second-order valence-corrected chi connectivity index (χ2v) is 7.57. The van der Waals surface area contributed by atoms with Gasteiger partial charge >= 0.3 is 17.8 Å². The molecular weight excluding hydrogens is 483 g/mol. The molecule has 0 bridgehead atoms. The Labute approximate surface area is 202 Å². The van der Waals surface area contributed by atoms with Gasteiger partial charge in [0.15, 0.2) is 0 Å². The Hall–Kier alpha value is -4.19. The molecule has 1 N–H and O–H groups in total. The lowest BCUT2D eigenvalue weighted by Crippen LogP contribution is -2.43. The lowest BCUT2D eigenvalue weighted by atomic mass is 10.1. The highest BCUT2D eigenvalue weighted by Gasteiger charge is 2.31. The summed E-state index contributed by atoms with van der Waals surface area (Å²) in [5.41, 5.74) is -2.94. The minimum absolute atomic E-state index is 0.0273.